The molecule has 1 N–H and O–H groups in total. The van der Waals surface area contributed by atoms with Crippen molar-refractivity contribution >= 4 is 21.9 Å². The summed E-state index contributed by atoms with van der Waals surface area (Å²) in [5, 5.41) is 13.7. The molecule has 0 aromatic carbocycles. The van der Waals surface area contributed by atoms with Gasteiger partial charge in [0.05, 0.1) is 23.5 Å². The van der Waals surface area contributed by atoms with E-state index in [1.165, 1.54) is 7.11 Å². The number of esters is 1. The van der Waals surface area contributed by atoms with Gasteiger partial charge >= 0.3 is 5.97 Å². The van der Waals surface area contributed by atoms with Crippen LogP contribution >= 0.6 is 15.9 Å². The molecule has 1 aromatic rings. The highest BCUT2D eigenvalue weighted by Gasteiger charge is 2.24. The van der Waals surface area contributed by atoms with E-state index in [0.717, 1.165) is 6.42 Å². The Hall–Kier alpha value is -0.880. The molecule has 84 valence electrons. The minimum Gasteiger partial charge on any atom is -0.467 e. The van der Waals surface area contributed by atoms with E-state index < -0.39 is 12.1 Å². The topological polar surface area (TPSA) is 64.3 Å². The first kappa shape index (κ1) is 12.2. The van der Waals surface area contributed by atoms with E-state index in [1.54, 1.807) is 10.9 Å². The Morgan fingerprint density at radius 3 is 3.00 bits per heavy atom. The summed E-state index contributed by atoms with van der Waals surface area (Å²) in [7, 11) is 1.24. The van der Waals surface area contributed by atoms with Crippen molar-refractivity contribution in [2.45, 2.75) is 26.0 Å². The van der Waals surface area contributed by atoms with Gasteiger partial charge in [-0.2, -0.15) is 5.10 Å². The maximum Gasteiger partial charge on any atom is 0.341 e. The molecular formula is C9H13BrN2O3. The average Bonchev–Trinajstić information content (AvgIpc) is 2.58. The maximum atomic E-state index is 11.2. The Balaban J connectivity index is 3.00. The van der Waals surface area contributed by atoms with E-state index >= 15 is 0 Å². The van der Waals surface area contributed by atoms with Crippen LogP contribution in [0.2, 0.25) is 0 Å². The van der Waals surface area contributed by atoms with Crippen LogP contribution in [0.25, 0.3) is 0 Å². The van der Waals surface area contributed by atoms with Crippen LogP contribution in [0.4, 0.5) is 0 Å². The largest absolute Gasteiger partial charge is 0.467 e. The van der Waals surface area contributed by atoms with E-state index in [9.17, 15) is 9.90 Å². The summed E-state index contributed by atoms with van der Waals surface area (Å²) in [5.41, 5.74) is 0.434. The first-order chi connectivity index (χ1) is 7.11. The SMILES string of the molecule is CCCn1ncc(Br)c1C(O)C(=O)OC. The van der Waals surface area contributed by atoms with Gasteiger partial charge in [-0.1, -0.05) is 6.92 Å². The molecule has 0 radical (unpaired) electrons. The molecule has 1 heterocycles. The second-order valence-electron chi connectivity index (χ2n) is 3.03. The average molecular weight is 277 g/mol. The highest BCUT2D eigenvalue weighted by Crippen LogP contribution is 2.24. The number of methoxy groups -OCH3 is 1. The molecule has 0 aliphatic carbocycles. The Bertz CT molecular complexity index is 351. The van der Waals surface area contributed by atoms with Crippen molar-refractivity contribution in [3.05, 3.63) is 16.4 Å². The number of aliphatic hydroxyl groups is 1. The lowest BCUT2D eigenvalue weighted by Gasteiger charge is -2.11. The molecule has 0 fully saturated rings. The van der Waals surface area contributed by atoms with Gasteiger partial charge < -0.3 is 9.84 Å². The van der Waals surface area contributed by atoms with E-state index in [4.69, 9.17) is 0 Å². The number of rotatable bonds is 4. The van der Waals surface area contributed by atoms with E-state index in [-0.39, 0.29) is 0 Å². The molecule has 0 aliphatic rings. The summed E-state index contributed by atoms with van der Waals surface area (Å²) in [5.74, 6) is -0.687. The molecule has 5 nitrogen and oxygen atoms in total. The van der Waals surface area contributed by atoms with Gasteiger partial charge in [-0.05, 0) is 22.4 Å². The number of aryl methyl sites for hydroxylation is 1. The number of carbonyl (C=O) groups excluding carboxylic acids is 1. The van der Waals surface area contributed by atoms with Crippen LogP contribution < -0.4 is 0 Å². The van der Waals surface area contributed by atoms with Gasteiger partial charge in [0.15, 0.2) is 6.10 Å². The van der Waals surface area contributed by atoms with E-state index in [1.807, 2.05) is 6.92 Å². The summed E-state index contributed by atoms with van der Waals surface area (Å²) in [6.45, 7) is 2.64. The Labute approximate surface area is 96.2 Å². The lowest BCUT2D eigenvalue weighted by molar-refractivity contribution is -0.151. The molecule has 1 unspecified atom stereocenters. The third-order valence-electron chi connectivity index (χ3n) is 1.95. The van der Waals surface area contributed by atoms with Crippen molar-refractivity contribution in [3.8, 4) is 0 Å². The second kappa shape index (κ2) is 5.27. The molecule has 0 saturated carbocycles. The molecule has 6 heteroatoms. The summed E-state index contributed by atoms with van der Waals surface area (Å²) in [6, 6.07) is 0. The van der Waals surface area contributed by atoms with E-state index in [2.05, 4.69) is 25.8 Å². The predicted octanol–water partition coefficient (Wildman–Crippen LogP) is 1.26. The van der Waals surface area contributed by atoms with Gasteiger partial charge in [-0.25, -0.2) is 4.79 Å². The zero-order chi connectivity index (χ0) is 11.4. The first-order valence-electron chi connectivity index (χ1n) is 4.58. The fourth-order valence-electron chi connectivity index (χ4n) is 1.26. The van der Waals surface area contributed by atoms with Crippen LogP contribution in [-0.4, -0.2) is 28.0 Å². The molecule has 0 spiro atoms. The summed E-state index contributed by atoms with van der Waals surface area (Å²) in [6.07, 6.45) is 1.13. The third-order valence-corrected chi connectivity index (χ3v) is 2.56. The molecule has 15 heavy (non-hydrogen) atoms. The molecule has 1 rings (SSSR count). The molecule has 1 atom stereocenters. The Morgan fingerprint density at radius 1 is 1.80 bits per heavy atom. The fourth-order valence-corrected chi connectivity index (χ4v) is 1.77. The number of aliphatic hydroxyl groups excluding tert-OH is 1. The molecule has 0 amide bonds. The van der Waals surface area contributed by atoms with Crippen molar-refractivity contribution in [2.75, 3.05) is 7.11 Å². The van der Waals surface area contributed by atoms with Crippen LogP contribution in [0.1, 0.15) is 25.1 Å². The minimum absolute atomic E-state index is 0.434. The lowest BCUT2D eigenvalue weighted by atomic mass is 10.2. The van der Waals surface area contributed by atoms with Gasteiger partial charge in [0.25, 0.3) is 0 Å². The Kier molecular flexibility index (Phi) is 4.28. The van der Waals surface area contributed by atoms with Gasteiger partial charge in [0.2, 0.25) is 0 Å². The second-order valence-corrected chi connectivity index (χ2v) is 3.88. The molecule has 0 bridgehead atoms. The molecular weight excluding hydrogens is 264 g/mol. The summed E-state index contributed by atoms with van der Waals surface area (Å²) in [4.78, 5) is 11.2. The zero-order valence-corrected chi connectivity index (χ0v) is 10.2. The van der Waals surface area contributed by atoms with Gasteiger partial charge in [-0.3, -0.25) is 4.68 Å². The number of carbonyl (C=O) groups is 1. The lowest BCUT2D eigenvalue weighted by Crippen LogP contribution is -2.18. The number of nitrogens with zero attached hydrogens (tertiary/aromatic N) is 2. The van der Waals surface area contributed by atoms with Gasteiger partial charge in [-0.15, -0.1) is 0 Å². The number of aromatic nitrogens is 2. The number of hydrogen-bond donors (Lipinski definition) is 1. The maximum absolute atomic E-state index is 11.2. The van der Waals surface area contributed by atoms with Crippen molar-refractivity contribution in [3.63, 3.8) is 0 Å². The standard InChI is InChI=1S/C9H13BrN2O3/c1-3-4-12-7(6(10)5-11-12)8(13)9(14)15-2/h5,8,13H,3-4H2,1-2H3. The highest BCUT2D eigenvalue weighted by molar-refractivity contribution is 9.10. The normalized spacial score (nSPS) is 12.5. The zero-order valence-electron chi connectivity index (χ0n) is 8.61. The molecule has 0 saturated heterocycles. The quantitative estimate of drug-likeness (QED) is 0.841. The summed E-state index contributed by atoms with van der Waals surface area (Å²) >= 11 is 3.23. The summed E-state index contributed by atoms with van der Waals surface area (Å²) < 4.78 is 6.67. The minimum atomic E-state index is -1.29. The monoisotopic (exact) mass is 276 g/mol. The van der Waals surface area contributed by atoms with Gasteiger partial charge in [0, 0.05) is 6.54 Å². The van der Waals surface area contributed by atoms with Crippen LogP contribution in [0, 0.1) is 0 Å². The van der Waals surface area contributed by atoms with Crippen molar-refractivity contribution in [1.29, 1.82) is 0 Å². The molecule has 1 aromatic heterocycles. The highest BCUT2D eigenvalue weighted by atomic mass is 79.9. The van der Waals surface area contributed by atoms with Crippen LogP contribution in [0.3, 0.4) is 0 Å². The smallest absolute Gasteiger partial charge is 0.341 e. The van der Waals surface area contributed by atoms with Gasteiger partial charge in [0.1, 0.15) is 0 Å². The third kappa shape index (κ3) is 2.57. The first-order valence-corrected chi connectivity index (χ1v) is 5.38. The number of hydrogen-bond acceptors (Lipinski definition) is 4. The van der Waals surface area contributed by atoms with Crippen molar-refractivity contribution < 1.29 is 14.6 Å². The fraction of sp³-hybridized carbons (Fsp3) is 0.556. The van der Waals surface area contributed by atoms with Crippen molar-refractivity contribution in [2.24, 2.45) is 0 Å². The van der Waals surface area contributed by atoms with Crippen LogP contribution in [0.5, 0.6) is 0 Å². The van der Waals surface area contributed by atoms with Crippen LogP contribution in [0.15, 0.2) is 10.7 Å². The number of halogens is 1. The number of ether oxygens (including phenoxy) is 1. The molecule has 0 aliphatic heterocycles. The Morgan fingerprint density at radius 2 is 2.47 bits per heavy atom. The van der Waals surface area contributed by atoms with Crippen molar-refractivity contribution in [1.82, 2.24) is 9.78 Å². The van der Waals surface area contributed by atoms with Crippen LogP contribution in [-0.2, 0) is 16.1 Å². The van der Waals surface area contributed by atoms with E-state index in [0.29, 0.717) is 16.7 Å². The predicted molar refractivity (Wildman–Crippen MR) is 57.2 cm³/mol.